The number of benzene rings is 1. The Morgan fingerprint density at radius 1 is 1.30 bits per heavy atom. The van der Waals surface area contributed by atoms with Crippen molar-refractivity contribution < 1.29 is 27.5 Å². The number of hydrogen-bond donors (Lipinski definition) is 0. The van der Waals surface area contributed by atoms with Gasteiger partial charge in [-0.05, 0) is 31.9 Å². The third-order valence-electron chi connectivity index (χ3n) is 4.32. The maximum absolute atomic E-state index is 13.1. The van der Waals surface area contributed by atoms with Gasteiger partial charge in [0.05, 0.1) is 21.1 Å². The van der Waals surface area contributed by atoms with Gasteiger partial charge in [0.2, 0.25) is 0 Å². The number of nitro groups is 1. The molecule has 1 heterocycles. The normalized spacial score (nSPS) is 15.3. The molecule has 1 aromatic heterocycles. The fourth-order valence-electron chi connectivity index (χ4n) is 2.78. The number of nitrogens with zero attached hydrogens (tertiary/aromatic N) is 2. The molecule has 1 saturated carbocycles. The number of aromatic nitrogens is 1. The van der Waals surface area contributed by atoms with E-state index in [1.54, 1.807) is 6.92 Å². The average molecular weight is 392 g/mol. The molecule has 0 bridgehead atoms. The molecule has 0 amide bonds. The SMILES string of the molecule is Cc1cc(C(C(=O)c2ccc(S(C)(=O)=O)cc2[N+](=O)[O-])C(=O)C2CC2)on1. The maximum atomic E-state index is 13.1. The zero-order chi connectivity index (χ0) is 19.9. The fourth-order valence-corrected chi connectivity index (χ4v) is 3.42. The summed E-state index contributed by atoms with van der Waals surface area (Å²) in [5.74, 6) is -2.80. The minimum atomic E-state index is -3.70. The molecule has 1 fully saturated rings. The van der Waals surface area contributed by atoms with Crippen LogP contribution in [0.1, 0.15) is 40.6 Å². The van der Waals surface area contributed by atoms with Crippen molar-refractivity contribution in [1.29, 1.82) is 0 Å². The molecule has 10 heteroatoms. The van der Waals surface area contributed by atoms with Crippen LogP contribution in [0.25, 0.3) is 0 Å². The van der Waals surface area contributed by atoms with Gasteiger partial charge in [-0.25, -0.2) is 8.42 Å². The molecule has 1 unspecified atom stereocenters. The van der Waals surface area contributed by atoms with E-state index in [1.165, 1.54) is 6.07 Å². The lowest BCUT2D eigenvalue weighted by molar-refractivity contribution is -0.385. The first-order valence-electron chi connectivity index (χ1n) is 8.09. The van der Waals surface area contributed by atoms with Crippen LogP contribution < -0.4 is 0 Å². The van der Waals surface area contributed by atoms with Crippen LogP contribution in [0.3, 0.4) is 0 Å². The van der Waals surface area contributed by atoms with Crippen LogP contribution >= 0.6 is 0 Å². The van der Waals surface area contributed by atoms with Gasteiger partial charge in [-0.15, -0.1) is 0 Å². The Bertz CT molecular complexity index is 1050. The topological polar surface area (TPSA) is 137 Å². The van der Waals surface area contributed by atoms with Gasteiger partial charge in [0.25, 0.3) is 5.69 Å². The molecule has 2 aromatic rings. The first kappa shape index (κ1) is 18.9. The zero-order valence-electron chi connectivity index (χ0n) is 14.5. The van der Waals surface area contributed by atoms with Gasteiger partial charge in [-0.2, -0.15) is 0 Å². The summed E-state index contributed by atoms with van der Waals surface area (Å²) in [6.07, 6.45) is 2.19. The number of ketones is 2. The van der Waals surface area contributed by atoms with E-state index in [4.69, 9.17) is 4.52 Å². The molecule has 0 saturated heterocycles. The van der Waals surface area contributed by atoms with Gasteiger partial charge in [0, 0.05) is 24.3 Å². The van der Waals surface area contributed by atoms with Crippen LogP contribution in [0.4, 0.5) is 5.69 Å². The molecule has 1 aliphatic rings. The van der Waals surface area contributed by atoms with Crippen LogP contribution in [-0.2, 0) is 14.6 Å². The molecule has 0 aliphatic heterocycles. The Hall–Kier alpha value is -2.88. The number of hydrogen-bond acceptors (Lipinski definition) is 8. The fraction of sp³-hybridized carbons (Fsp3) is 0.353. The van der Waals surface area contributed by atoms with Crippen molar-refractivity contribution in [3.05, 3.63) is 51.4 Å². The molecule has 9 nitrogen and oxygen atoms in total. The molecule has 0 radical (unpaired) electrons. The van der Waals surface area contributed by atoms with Crippen molar-refractivity contribution in [3.8, 4) is 0 Å². The molecular weight excluding hydrogens is 376 g/mol. The lowest BCUT2D eigenvalue weighted by Crippen LogP contribution is -2.24. The zero-order valence-corrected chi connectivity index (χ0v) is 15.4. The molecule has 1 aromatic carbocycles. The maximum Gasteiger partial charge on any atom is 0.281 e. The van der Waals surface area contributed by atoms with Gasteiger partial charge in [0.15, 0.2) is 27.2 Å². The van der Waals surface area contributed by atoms with E-state index >= 15 is 0 Å². The first-order chi connectivity index (χ1) is 12.6. The molecular formula is C17H16N2O7S. The van der Waals surface area contributed by atoms with Crippen molar-refractivity contribution in [3.63, 3.8) is 0 Å². The summed E-state index contributed by atoms with van der Waals surface area (Å²) >= 11 is 0. The second-order valence-corrected chi connectivity index (χ2v) is 8.57. The number of nitro benzene ring substituents is 1. The molecule has 1 atom stereocenters. The second-order valence-electron chi connectivity index (χ2n) is 6.55. The van der Waals surface area contributed by atoms with Gasteiger partial charge in [0.1, 0.15) is 5.92 Å². The number of carbonyl (C=O) groups is 2. The quantitative estimate of drug-likeness (QED) is 0.303. The average Bonchev–Trinajstić information content (AvgIpc) is 3.36. The van der Waals surface area contributed by atoms with E-state index < -0.39 is 32.1 Å². The molecule has 0 N–H and O–H groups in total. The van der Waals surface area contributed by atoms with Gasteiger partial charge >= 0.3 is 0 Å². The highest BCUT2D eigenvalue weighted by molar-refractivity contribution is 7.90. The van der Waals surface area contributed by atoms with E-state index in [0.717, 1.165) is 24.5 Å². The van der Waals surface area contributed by atoms with Crippen molar-refractivity contribution >= 4 is 27.1 Å². The minimum Gasteiger partial charge on any atom is -0.360 e. The molecule has 27 heavy (non-hydrogen) atoms. The third kappa shape index (κ3) is 3.80. The summed E-state index contributed by atoms with van der Waals surface area (Å²) in [6, 6.07) is 4.44. The van der Waals surface area contributed by atoms with Gasteiger partial charge in [-0.1, -0.05) is 5.16 Å². The lowest BCUT2D eigenvalue weighted by Gasteiger charge is -2.12. The van der Waals surface area contributed by atoms with Crippen molar-refractivity contribution in [2.75, 3.05) is 6.26 Å². The van der Waals surface area contributed by atoms with Gasteiger partial charge < -0.3 is 4.52 Å². The summed E-state index contributed by atoms with van der Waals surface area (Å²) in [6.45, 7) is 1.62. The van der Waals surface area contributed by atoms with Crippen LogP contribution in [-0.4, -0.2) is 36.3 Å². The number of rotatable bonds is 7. The number of carbonyl (C=O) groups excluding carboxylic acids is 2. The van der Waals surface area contributed by atoms with E-state index in [1.807, 2.05) is 0 Å². The Labute approximate surface area is 154 Å². The largest absolute Gasteiger partial charge is 0.360 e. The Balaban J connectivity index is 2.11. The molecule has 3 rings (SSSR count). The van der Waals surface area contributed by atoms with Crippen LogP contribution in [0.5, 0.6) is 0 Å². The van der Waals surface area contributed by atoms with Crippen LogP contribution in [0.15, 0.2) is 33.7 Å². The summed E-state index contributed by atoms with van der Waals surface area (Å²) < 4.78 is 28.4. The monoisotopic (exact) mass is 392 g/mol. The van der Waals surface area contributed by atoms with Gasteiger partial charge in [-0.3, -0.25) is 19.7 Å². The summed E-state index contributed by atoms with van der Waals surface area (Å²) in [4.78, 5) is 36.0. The highest BCUT2D eigenvalue weighted by Crippen LogP contribution is 2.38. The summed E-state index contributed by atoms with van der Waals surface area (Å²) in [5.41, 5.74) is -0.554. The molecule has 0 spiro atoms. The third-order valence-corrected chi connectivity index (χ3v) is 5.43. The predicted octanol–water partition coefficient (Wildman–Crippen LogP) is 2.24. The number of sulfone groups is 1. The Morgan fingerprint density at radius 2 is 1.96 bits per heavy atom. The Kier molecular flexibility index (Phi) is 4.68. The predicted molar refractivity (Wildman–Crippen MR) is 92.2 cm³/mol. The minimum absolute atomic E-state index is 0.0240. The van der Waals surface area contributed by atoms with E-state index in [2.05, 4.69) is 5.16 Å². The van der Waals surface area contributed by atoms with Crippen LogP contribution in [0.2, 0.25) is 0 Å². The van der Waals surface area contributed by atoms with E-state index in [9.17, 15) is 28.1 Å². The standard InChI is InChI=1S/C17H16N2O7S/c1-9-7-14(26-18-9)15(16(20)10-3-4-10)17(21)12-6-5-11(27(2,24)25)8-13(12)19(22)23/h5-8,10,15H,3-4H2,1-2H3. The Morgan fingerprint density at radius 3 is 2.44 bits per heavy atom. The smallest absolute Gasteiger partial charge is 0.281 e. The van der Waals surface area contributed by atoms with Crippen LogP contribution in [0, 0.1) is 23.0 Å². The van der Waals surface area contributed by atoms with Crippen molar-refractivity contribution in [1.82, 2.24) is 5.16 Å². The second kappa shape index (κ2) is 6.69. The van der Waals surface area contributed by atoms with E-state index in [-0.39, 0.29) is 27.9 Å². The highest BCUT2D eigenvalue weighted by atomic mass is 32.2. The summed E-state index contributed by atoms with van der Waals surface area (Å²) in [5, 5.41) is 15.1. The number of aryl methyl sites for hydroxylation is 1. The summed E-state index contributed by atoms with van der Waals surface area (Å²) in [7, 11) is -3.70. The molecule has 1 aliphatic carbocycles. The van der Waals surface area contributed by atoms with Crippen molar-refractivity contribution in [2.45, 2.75) is 30.6 Å². The molecule has 142 valence electrons. The lowest BCUT2D eigenvalue weighted by atomic mass is 9.88. The first-order valence-corrected chi connectivity index (χ1v) is 9.98. The van der Waals surface area contributed by atoms with Crippen molar-refractivity contribution in [2.24, 2.45) is 5.92 Å². The van der Waals surface area contributed by atoms with E-state index in [0.29, 0.717) is 18.5 Å². The highest BCUT2D eigenvalue weighted by Gasteiger charge is 2.43. The number of Topliss-reactive ketones (excluding diaryl/α,β-unsaturated/α-hetero) is 2.